The predicted octanol–water partition coefficient (Wildman–Crippen LogP) is 1.04. The highest BCUT2D eigenvalue weighted by Crippen LogP contribution is 2.39. The molecule has 0 heterocycles. The van der Waals surface area contributed by atoms with E-state index in [1.165, 1.54) is 26.4 Å². The Bertz CT molecular complexity index is 766. The second kappa shape index (κ2) is 9.34. The Morgan fingerprint density at radius 3 is 2.10 bits per heavy atom. The van der Waals surface area contributed by atoms with E-state index in [9.17, 15) is 14.7 Å². The van der Waals surface area contributed by atoms with E-state index in [2.05, 4.69) is 15.9 Å². The molecule has 1 aromatic carbocycles. The molecule has 0 fully saturated rings. The molecule has 0 aliphatic heterocycles. The molecule has 0 aromatic heterocycles. The largest absolute Gasteiger partial charge is 0.496 e. The lowest BCUT2D eigenvalue weighted by Crippen LogP contribution is -2.64. The van der Waals surface area contributed by atoms with E-state index in [0.717, 1.165) is 0 Å². The van der Waals surface area contributed by atoms with Gasteiger partial charge in [-0.1, -0.05) is 0 Å². The first-order chi connectivity index (χ1) is 13.2. The number of esters is 1. The molecule has 2 N–H and O–H groups in total. The fourth-order valence-corrected chi connectivity index (χ4v) is 2.52. The van der Waals surface area contributed by atoms with Gasteiger partial charge in [-0.25, -0.2) is 4.79 Å². The van der Waals surface area contributed by atoms with Gasteiger partial charge in [0.2, 0.25) is 6.79 Å². The number of rotatable bonds is 7. The number of ether oxygens (including phenoxy) is 4. The summed E-state index contributed by atoms with van der Waals surface area (Å²) in [5, 5.41) is 10.4. The van der Waals surface area contributed by atoms with Crippen LogP contribution in [-0.4, -0.2) is 67.1 Å². The maximum atomic E-state index is 12.0. The van der Waals surface area contributed by atoms with Crippen molar-refractivity contribution in [3.05, 3.63) is 22.2 Å². The second-order valence-corrected chi connectivity index (χ2v) is 8.03. The number of benzene rings is 1. The molecule has 1 atom stereocenters. The molecule has 0 aliphatic carbocycles. The summed E-state index contributed by atoms with van der Waals surface area (Å²) < 4.78 is 20.4. The summed E-state index contributed by atoms with van der Waals surface area (Å²) in [5.74, 6) is -0.159. The van der Waals surface area contributed by atoms with Gasteiger partial charge in [-0.15, -0.1) is 0 Å². The smallest absolute Gasteiger partial charge is 0.409 e. The highest BCUT2D eigenvalue weighted by Gasteiger charge is 2.43. The lowest BCUT2D eigenvalue weighted by atomic mass is 9.45. The molecule has 29 heavy (non-hydrogen) atoms. The van der Waals surface area contributed by atoms with Crippen LogP contribution < -0.4 is 14.8 Å². The number of nitrogens with one attached hydrogen (secondary N) is 1. The summed E-state index contributed by atoms with van der Waals surface area (Å²) >= 11 is 3.27. The monoisotopic (exact) mass is 463 g/mol. The van der Waals surface area contributed by atoms with Gasteiger partial charge >= 0.3 is 12.1 Å². The van der Waals surface area contributed by atoms with Gasteiger partial charge in [0.15, 0.2) is 0 Å². The van der Waals surface area contributed by atoms with Crippen LogP contribution in [0.2, 0.25) is 0 Å². The van der Waals surface area contributed by atoms with Crippen molar-refractivity contribution in [2.75, 3.05) is 21.0 Å². The Labute approximate surface area is 182 Å². The number of hydrogen-bond donors (Lipinski definition) is 2. The van der Waals surface area contributed by atoms with Gasteiger partial charge in [-0.3, -0.25) is 4.79 Å². The van der Waals surface area contributed by atoms with Gasteiger partial charge < -0.3 is 29.4 Å². The van der Waals surface area contributed by atoms with Crippen molar-refractivity contribution >= 4 is 51.5 Å². The zero-order valence-electron chi connectivity index (χ0n) is 16.9. The molecule has 1 aromatic rings. The standard InChI is InChI=1S/C17H21B3BrNO7/c1-15(2,3)13(23)28-8-29-14(24)22-17(19,20)16(18,25)9-6-12(27-5)10(21)7-11(9)26-4/h6-7,25H,8H2,1-5H3,(H,22,24). The van der Waals surface area contributed by atoms with E-state index >= 15 is 0 Å². The number of hydrogen-bond acceptors (Lipinski definition) is 7. The maximum absolute atomic E-state index is 12.0. The molecule has 0 saturated carbocycles. The molecule has 1 unspecified atom stereocenters. The fraction of sp³-hybridized carbons (Fsp3) is 0.529. The summed E-state index contributed by atoms with van der Waals surface area (Å²) in [4.78, 5) is 23.6. The van der Waals surface area contributed by atoms with E-state index in [4.69, 9.17) is 42.5 Å². The van der Waals surface area contributed by atoms with Crippen LogP contribution in [0.4, 0.5) is 4.79 Å². The molecule has 0 saturated heterocycles. The second-order valence-electron chi connectivity index (χ2n) is 7.18. The minimum Gasteiger partial charge on any atom is -0.496 e. The maximum Gasteiger partial charge on any atom is 0.409 e. The average Bonchev–Trinajstić information content (AvgIpc) is 2.59. The van der Waals surface area contributed by atoms with Crippen LogP contribution in [0.1, 0.15) is 26.3 Å². The van der Waals surface area contributed by atoms with Crippen molar-refractivity contribution in [3.63, 3.8) is 0 Å². The van der Waals surface area contributed by atoms with Crippen molar-refractivity contribution < 1.29 is 33.6 Å². The molecule has 12 heteroatoms. The van der Waals surface area contributed by atoms with E-state index < -0.39 is 35.1 Å². The van der Waals surface area contributed by atoms with Crippen molar-refractivity contribution in [1.29, 1.82) is 0 Å². The Hall–Kier alpha value is -1.81. The van der Waals surface area contributed by atoms with Crippen molar-refractivity contribution in [2.24, 2.45) is 5.41 Å². The van der Waals surface area contributed by atoms with Gasteiger partial charge in [0.1, 0.15) is 19.3 Å². The number of carbonyl (C=O) groups is 2. The number of aliphatic hydroxyl groups is 1. The minimum absolute atomic E-state index is 0.0653. The topological polar surface area (TPSA) is 103 Å². The minimum atomic E-state index is -2.52. The SMILES string of the molecule is [B]C([B])(NC(=O)OCOC(=O)C(C)(C)C)C([B])(O)c1cc(OC)c(Br)cc1OC. The number of halogens is 1. The summed E-state index contributed by atoms with van der Waals surface area (Å²) in [6.07, 6.45) is -1.18. The third-order valence-electron chi connectivity index (χ3n) is 3.82. The molecular weight excluding hydrogens is 443 g/mol. The summed E-state index contributed by atoms with van der Waals surface area (Å²) in [7, 11) is 20.4. The van der Waals surface area contributed by atoms with Crippen molar-refractivity contribution in [2.45, 2.75) is 31.6 Å². The molecule has 152 valence electrons. The van der Waals surface area contributed by atoms with E-state index in [1.54, 1.807) is 20.8 Å². The number of alkyl carbamates (subject to hydrolysis) is 1. The first kappa shape index (κ1) is 25.2. The van der Waals surface area contributed by atoms with Crippen LogP contribution in [0, 0.1) is 5.41 Å². The number of amides is 1. The van der Waals surface area contributed by atoms with Crippen molar-refractivity contribution in [3.8, 4) is 11.5 Å². The fourth-order valence-electron chi connectivity index (χ4n) is 2.03. The van der Waals surface area contributed by atoms with Gasteiger partial charge in [0, 0.05) is 5.56 Å². The molecule has 0 aliphatic rings. The zero-order chi connectivity index (χ0) is 22.6. The van der Waals surface area contributed by atoms with E-state index in [1.807, 2.05) is 5.32 Å². The molecule has 8 nitrogen and oxygen atoms in total. The highest BCUT2D eigenvalue weighted by atomic mass is 79.9. The predicted molar refractivity (Wildman–Crippen MR) is 111 cm³/mol. The Kier molecular flexibility index (Phi) is 8.13. The van der Waals surface area contributed by atoms with E-state index in [-0.39, 0.29) is 11.3 Å². The molecule has 1 rings (SSSR count). The van der Waals surface area contributed by atoms with Crippen LogP contribution in [-0.2, 0) is 19.8 Å². The lowest BCUT2D eigenvalue weighted by molar-refractivity contribution is -0.161. The third kappa shape index (κ3) is 6.09. The van der Waals surface area contributed by atoms with Crippen LogP contribution in [0.3, 0.4) is 0 Å². The molecule has 1 amide bonds. The van der Waals surface area contributed by atoms with Gasteiger partial charge in [0.05, 0.1) is 45.3 Å². The van der Waals surface area contributed by atoms with Crippen LogP contribution in [0.25, 0.3) is 0 Å². The molecule has 0 spiro atoms. The summed E-state index contributed by atoms with van der Waals surface area (Å²) in [5.41, 5.74) is -3.36. The first-order valence-electron chi connectivity index (χ1n) is 8.30. The van der Waals surface area contributed by atoms with Crippen LogP contribution >= 0.6 is 15.9 Å². The first-order valence-corrected chi connectivity index (χ1v) is 9.09. The quantitative estimate of drug-likeness (QED) is 0.354. The van der Waals surface area contributed by atoms with Gasteiger partial charge in [0.25, 0.3) is 0 Å². The number of methoxy groups -OCH3 is 2. The van der Waals surface area contributed by atoms with Crippen molar-refractivity contribution in [1.82, 2.24) is 5.32 Å². The highest BCUT2D eigenvalue weighted by molar-refractivity contribution is 9.10. The Morgan fingerprint density at radius 2 is 1.62 bits per heavy atom. The summed E-state index contributed by atoms with van der Waals surface area (Å²) in [6, 6.07) is 2.82. The lowest BCUT2D eigenvalue weighted by Gasteiger charge is -2.43. The van der Waals surface area contributed by atoms with Crippen LogP contribution in [0.15, 0.2) is 16.6 Å². The molecular formula is C17H21B3BrNO7. The Morgan fingerprint density at radius 1 is 1.07 bits per heavy atom. The summed E-state index contributed by atoms with van der Waals surface area (Å²) in [6.45, 7) is 4.22. The average molecular weight is 464 g/mol. The van der Waals surface area contributed by atoms with Gasteiger partial charge in [-0.2, -0.15) is 0 Å². The van der Waals surface area contributed by atoms with E-state index in [0.29, 0.717) is 10.2 Å². The number of carbonyl (C=O) groups excluding carboxylic acids is 2. The van der Waals surface area contributed by atoms with Crippen LogP contribution in [0.5, 0.6) is 11.5 Å². The van der Waals surface area contributed by atoms with Gasteiger partial charge in [-0.05, 0) is 54.2 Å². The third-order valence-corrected chi connectivity index (χ3v) is 4.44. The Balaban J connectivity index is 2.97. The molecule has 6 radical (unpaired) electrons. The normalized spacial score (nSPS) is 13.8. The zero-order valence-corrected chi connectivity index (χ0v) is 18.5. The molecule has 0 bridgehead atoms.